The monoisotopic (exact) mass is 308 g/mol. The molecule has 1 aromatic rings. The summed E-state index contributed by atoms with van der Waals surface area (Å²) in [5.41, 5.74) is 1.03. The topological polar surface area (TPSA) is 76.7 Å². The van der Waals surface area contributed by atoms with Crippen LogP contribution >= 0.6 is 0 Å². The highest BCUT2D eigenvalue weighted by atomic mass is 16.5. The third-order valence-electron chi connectivity index (χ3n) is 2.88. The van der Waals surface area contributed by atoms with E-state index in [9.17, 15) is 9.59 Å². The van der Waals surface area contributed by atoms with Gasteiger partial charge in [0.15, 0.2) is 0 Å². The van der Waals surface area contributed by atoms with E-state index in [2.05, 4.69) is 10.6 Å². The molecule has 1 aromatic carbocycles. The van der Waals surface area contributed by atoms with Crippen molar-refractivity contribution in [1.82, 2.24) is 10.6 Å². The predicted molar refractivity (Wildman–Crippen MR) is 84.1 cm³/mol. The predicted octanol–water partition coefficient (Wildman–Crippen LogP) is 1.22. The summed E-state index contributed by atoms with van der Waals surface area (Å²) in [4.78, 5) is 23.7. The van der Waals surface area contributed by atoms with Crippen molar-refractivity contribution in [3.05, 3.63) is 35.4 Å². The Balaban J connectivity index is 2.41. The van der Waals surface area contributed by atoms with Gasteiger partial charge in [-0.25, -0.2) is 0 Å². The third-order valence-corrected chi connectivity index (χ3v) is 2.88. The molecule has 0 aliphatic rings. The third kappa shape index (κ3) is 6.69. The summed E-state index contributed by atoms with van der Waals surface area (Å²) in [7, 11) is 0. The maximum atomic E-state index is 11.8. The van der Waals surface area contributed by atoms with Gasteiger partial charge in [0.2, 0.25) is 0 Å². The zero-order valence-corrected chi connectivity index (χ0v) is 13.2. The van der Waals surface area contributed by atoms with Crippen LogP contribution in [0.1, 0.15) is 34.6 Å². The van der Waals surface area contributed by atoms with Crippen LogP contribution in [0.4, 0.5) is 0 Å². The lowest BCUT2D eigenvalue weighted by molar-refractivity contribution is 0.0912. The first kappa shape index (κ1) is 18.1. The Labute approximate surface area is 131 Å². The van der Waals surface area contributed by atoms with Crippen LogP contribution in [0.3, 0.4) is 0 Å². The van der Waals surface area contributed by atoms with Gasteiger partial charge in [-0.05, 0) is 38.1 Å². The lowest BCUT2D eigenvalue weighted by Crippen LogP contribution is -2.28. The molecule has 0 aliphatic heterocycles. The number of hydrogen-bond donors (Lipinski definition) is 2. The van der Waals surface area contributed by atoms with Gasteiger partial charge in [-0.1, -0.05) is 0 Å². The van der Waals surface area contributed by atoms with Crippen LogP contribution in [0.5, 0.6) is 0 Å². The second-order valence-corrected chi connectivity index (χ2v) is 4.48. The Morgan fingerprint density at radius 3 is 1.50 bits per heavy atom. The zero-order valence-electron chi connectivity index (χ0n) is 13.2. The fourth-order valence-electron chi connectivity index (χ4n) is 1.74. The number of amides is 2. The van der Waals surface area contributed by atoms with Gasteiger partial charge in [0.05, 0.1) is 13.2 Å². The Bertz CT molecular complexity index is 417. The van der Waals surface area contributed by atoms with Crippen LogP contribution < -0.4 is 10.6 Å². The van der Waals surface area contributed by atoms with Gasteiger partial charge >= 0.3 is 0 Å². The number of nitrogens with one attached hydrogen (secondary N) is 2. The molecule has 22 heavy (non-hydrogen) atoms. The summed E-state index contributed by atoms with van der Waals surface area (Å²) in [5, 5.41) is 5.50. The van der Waals surface area contributed by atoms with Crippen molar-refractivity contribution in [3.63, 3.8) is 0 Å². The number of carbonyl (C=O) groups is 2. The van der Waals surface area contributed by atoms with Crippen molar-refractivity contribution in [3.8, 4) is 0 Å². The molecule has 0 fully saturated rings. The molecule has 0 heterocycles. The fourth-order valence-corrected chi connectivity index (χ4v) is 1.74. The first-order valence-electron chi connectivity index (χ1n) is 7.51. The smallest absolute Gasteiger partial charge is 0.251 e. The van der Waals surface area contributed by atoms with Gasteiger partial charge in [-0.3, -0.25) is 9.59 Å². The van der Waals surface area contributed by atoms with Crippen LogP contribution in [-0.2, 0) is 9.47 Å². The molecule has 0 aliphatic carbocycles. The van der Waals surface area contributed by atoms with Gasteiger partial charge in [0.25, 0.3) is 11.8 Å². The van der Waals surface area contributed by atoms with Gasteiger partial charge in [0.1, 0.15) is 0 Å². The van der Waals surface area contributed by atoms with Crippen LogP contribution in [0.25, 0.3) is 0 Å². The first-order chi connectivity index (χ1) is 10.7. The maximum absolute atomic E-state index is 11.8. The summed E-state index contributed by atoms with van der Waals surface area (Å²) < 4.78 is 10.3. The molecular weight excluding hydrogens is 284 g/mol. The molecule has 2 amide bonds. The van der Waals surface area contributed by atoms with Crippen molar-refractivity contribution in [2.24, 2.45) is 0 Å². The molecule has 2 N–H and O–H groups in total. The van der Waals surface area contributed by atoms with E-state index in [-0.39, 0.29) is 11.8 Å². The maximum Gasteiger partial charge on any atom is 0.251 e. The van der Waals surface area contributed by atoms with E-state index < -0.39 is 0 Å². The molecule has 6 nitrogen and oxygen atoms in total. The van der Waals surface area contributed by atoms with E-state index in [0.29, 0.717) is 50.6 Å². The van der Waals surface area contributed by atoms with Crippen molar-refractivity contribution < 1.29 is 19.1 Å². The minimum Gasteiger partial charge on any atom is -0.380 e. The highest BCUT2D eigenvalue weighted by molar-refractivity contribution is 5.97. The van der Waals surface area contributed by atoms with Crippen molar-refractivity contribution in [2.45, 2.75) is 13.8 Å². The van der Waals surface area contributed by atoms with E-state index in [0.717, 1.165) is 0 Å². The number of rotatable bonds is 10. The van der Waals surface area contributed by atoms with Crippen molar-refractivity contribution >= 4 is 11.8 Å². The number of benzene rings is 1. The Morgan fingerprint density at radius 1 is 0.818 bits per heavy atom. The molecule has 6 heteroatoms. The lowest BCUT2D eigenvalue weighted by Gasteiger charge is -2.07. The highest BCUT2D eigenvalue weighted by Gasteiger charge is 2.08. The molecule has 0 unspecified atom stereocenters. The molecule has 0 atom stereocenters. The minimum absolute atomic E-state index is 0.178. The number of ether oxygens (including phenoxy) is 2. The Hall–Kier alpha value is -1.92. The summed E-state index contributed by atoms with van der Waals surface area (Å²) >= 11 is 0. The van der Waals surface area contributed by atoms with Crippen LogP contribution in [0.15, 0.2) is 24.3 Å². The lowest BCUT2D eigenvalue weighted by atomic mass is 10.1. The second-order valence-electron chi connectivity index (χ2n) is 4.48. The molecule has 0 saturated carbocycles. The normalized spacial score (nSPS) is 10.3. The van der Waals surface area contributed by atoms with Crippen LogP contribution in [0, 0.1) is 0 Å². The van der Waals surface area contributed by atoms with Crippen molar-refractivity contribution in [2.75, 3.05) is 39.5 Å². The van der Waals surface area contributed by atoms with Crippen LogP contribution in [-0.4, -0.2) is 51.3 Å². The molecule has 122 valence electrons. The summed E-state index contributed by atoms with van der Waals surface area (Å²) in [6.07, 6.45) is 0. The molecule has 1 rings (SSSR count). The summed E-state index contributed by atoms with van der Waals surface area (Å²) in [6, 6.07) is 6.53. The summed E-state index contributed by atoms with van der Waals surface area (Å²) in [6.45, 7) is 6.97. The standard InChI is InChI=1S/C16H24N2O4/c1-3-21-11-9-17-15(19)13-5-7-14(8-6-13)16(20)18-10-12-22-4-2/h5-8H,3-4,9-12H2,1-2H3,(H,17,19)(H,18,20). The van der Waals surface area contributed by atoms with Gasteiger partial charge in [-0.2, -0.15) is 0 Å². The fraction of sp³-hybridized carbons (Fsp3) is 0.500. The number of hydrogen-bond acceptors (Lipinski definition) is 4. The summed E-state index contributed by atoms with van der Waals surface area (Å²) in [5.74, 6) is -0.356. The quantitative estimate of drug-likeness (QED) is 0.637. The second kappa shape index (κ2) is 10.8. The highest BCUT2D eigenvalue weighted by Crippen LogP contribution is 2.04. The van der Waals surface area contributed by atoms with E-state index in [1.807, 2.05) is 13.8 Å². The average molecular weight is 308 g/mol. The van der Waals surface area contributed by atoms with E-state index in [1.54, 1.807) is 24.3 Å². The zero-order chi connectivity index (χ0) is 16.2. The van der Waals surface area contributed by atoms with Gasteiger partial charge < -0.3 is 20.1 Å². The Morgan fingerprint density at radius 2 is 1.18 bits per heavy atom. The van der Waals surface area contributed by atoms with E-state index >= 15 is 0 Å². The largest absolute Gasteiger partial charge is 0.380 e. The number of carbonyl (C=O) groups excluding carboxylic acids is 2. The molecular formula is C16H24N2O4. The molecule has 0 saturated heterocycles. The SMILES string of the molecule is CCOCCNC(=O)c1ccc(C(=O)NCCOCC)cc1. The van der Waals surface area contributed by atoms with Crippen molar-refractivity contribution in [1.29, 1.82) is 0 Å². The molecule has 0 bridgehead atoms. The molecule has 0 radical (unpaired) electrons. The molecule has 0 aromatic heterocycles. The van der Waals surface area contributed by atoms with E-state index in [4.69, 9.17) is 9.47 Å². The average Bonchev–Trinajstić information content (AvgIpc) is 2.55. The minimum atomic E-state index is -0.178. The van der Waals surface area contributed by atoms with E-state index in [1.165, 1.54) is 0 Å². The van der Waals surface area contributed by atoms with Gasteiger partial charge in [-0.15, -0.1) is 0 Å². The molecule has 0 spiro atoms. The van der Waals surface area contributed by atoms with Crippen LogP contribution in [0.2, 0.25) is 0 Å². The van der Waals surface area contributed by atoms with Gasteiger partial charge in [0, 0.05) is 37.4 Å². The Kier molecular flexibility index (Phi) is 8.86. The first-order valence-corrected chi connectivity index (χ1v) is 7.51.